The van der Waals surface area contributed by atoms with Crippen LogP contribution in [-0.4, -0.2) is 77.0 Å². The fourth-order valence-electron chi connectivity index (χ4n) is 3.91. The van der Waals surface area contributed by atoms with Crippen LogP contribution in [0.25, 0.3) is 22.0 Å². The second-order valence-corrected chi connectivity index (χ2v) is 8.54. The minimum atomic E-state index is -0.359. The van der Waals surface area contributed by atoms with E-state index in [-0.39, 0.29) is 17.9 Å². The second-order valence-electron chi connectivity index (χ2n) is 8.54. The number of rotatable bonds is 6. The van der Waals surface area contributed by atoms with Gasteiger partial charge in [0.1, 0.15) is 18.2 Å². The highest BCUT2D eigenvalue weighted by atomic mass is 16.5. The third-order valence-electron chi connectivity index (χ3n) is 5.95. The number of carbonyl (C=O) groups excluding carboxylic acids is 1. The Morgan fingerprint density at radius 3 is 2.44 bits per heavy atom. The van der Waals surface area contributed by atoms with E-state index in [1.165, 1.54) is 6.33 Å². The lowest BCUT2D eigenvalue weighted by Crippen LogP contribution is -2.53. The molecule has 4 rings (SSSR count). The summed E-state index contributed by atoms with van der Waals surface area (Å²) in [4.78, 5) is 30.7. The Kier molecular flexibility index (Phi) is 6.50. The minimum Gasteiger partial charge on any atom is -0.481 e. The fourth-order valence-corrected chi connectivity index (χ4v) is 3.91. The van der Waals surface area contributed by atoms with Crippen molar-refractivity contribution in [2.75, 3.05) is 45.7 Å². The molecular formula is C24H30N6O2. The van der Waals surface area contributed by atoms with E-state index in [0.29, 0.717) is 11.7 Å². The van der Waals surface area contributed by atoms with Crippen molar-refractivity contribution < 1.29 is 9.53 Å². The van der Waals surface area contributed by atoms with Crippen LogP contribution in [0.3, 0.4) is 0 Å². The number of amides is 1. The largest absolute Gasteiger partial charge is 0.481 e. The molecule has 3 aromatic rings. The van der Waals surface area contributed by atoms with Crippen LogP contribution in [0.4, 0.5) is 5.82 Å². The number of ether oxygens (including phenoxy) is 1. The van der Waals surface area contributed by atoms with Crippen LogP contribution in [-0.2, 0) is 4.79 Å². The van der Waals surface area contributed by atoms with Crippen molar-refractivity contribution in [1.29, 1.82) is 0 Å². The average Bonchev–Trinajstić information content (AvgIpc) is 2.82. The molecule has 32 heavy (non-hydrogen) atoms. The predicted octanol–water partition coefficient (Wildman–Crippen LogP) is 2.91. The zero-order valence-electron chi connectivity index (χ0n) is 19.1. The number of nitrogens with zero attached hydrogens (tertiary/aromatic N) is 5. The molecule has 0 bridgehead atoms. The molecule has 8 heteroatoms. The summed E-state index contributed by atoms with van der Waals surface area (Å²) in [5, 5.41) is 4.31. The first-order chi connectivity index (χ1) is 15.5. The number of likely N-dealkylation sites (N-methyl/N-ethyl adjacent to an activating group) is 1. The van der Waals surface area contributed by atoms with Crippen LogP contribution in [0, 0.1) is 5.92 Å². The van der Waals surface area contributed by atoms with Crippen molar-refractivity contribution in [3.8, 4) is 17.0 Å². The monoisotopic (exact) mass is 434 g/mol. The number of piperazine rings is 1. The van der Waals surface area contributed by atoms with Gasteiger partial charge in [0, 0.05) is 49.4 Å². The van der Waals surface area contributed by atoms with Gasteiger partial charge in [-0.2, -0.15) is 0 Å². The normalized spacial score (nSPS) is 15.7. The number of hydrogen-bond acceptors (Lipinski definition) is 7. The first-order valence-corrected chi connectivity index (χ1v) is 11.0. The molecule has 1 N–H and O–H groups in total. The topological polar surface area (TPSA) is 83.5 Å². The Morgan fingerprint density at radius 1 is 1.03 bits per heavy atom. The number of benzene rings is 1. The van der Waals surface area contributed by atoms with Crippen LogP contribution in [0.1, 0.15) is 13.8 Å². The number of hydrogen-bond donors (Lipinski definition) is 1. The highest BCUT2D eigenvalue weighted by Crippen LogP contribution is 2.28. The van der Waals surface area contributed by atoms with Crippen molar-refractivity contribution in [2.24, 2.45) is 5.92 Å². The molecule has 1 fully saturated rings. The third-order valence-corrected chi connectivity index (χ3v) is 5.95. The Hall–Kier alpha value is -3.26. The predicted molar refractivity (Wildman–Crippen MR) is 126 cm³/mol. The molecule has 1 aliphatic rings. The van der Waals surface area contributed by atoms with Crippen molar-refractivity contribution in [1.82, 2.24) is 24.8 Å². The summed E-state index contributed by atoms with van der Waals surface area (Å²) in [7, 11) is 3.69. The highest BCUT2D eigenvalue weighted by molar-refractivity contribution is 5.94. The molecule has 0 saturated carbocycles. The molecule has 0 radical (unpaired) electrons. The maximum atomic E-state index is 13.3. The number of fused-ring (bicyclic) bond motifs is 1. The number of methoxy groups -OCH3 is 1. The second kappa shape index (κ2) is 9.48. The van der Waals surface area contributed by atoms with Gasteiger partial charge in [-0.15, -0.1) is 0 Å². The number of carbonyl (C=O) groups is 1. The van der Waals surface area contributed by atoms with E-state index in [4.69, 9.17) is 4.74 Å². The Morgan fingerprint density at radius 2 is 1.78 bits per heavy atom. The molecule has 3 heterocycles. The maximum Gasteiger partial charge on any atom is 0.245 e. The molecule has 8 nitrogen and oxygen atoms in total. The number of nitrogens with one attached hydrogen (secondary N) is 1. The van der Waals surface area contributed by atoms with Gasteiger partial charge in [-0.1, -0.05) is 19.9 Å². The zero-order chi connectivity index (χ0) is 22.7. The molecule has 0 aliphatic carbocycles. The van der Waals surface area contributed by atoms with E-state index < -0.39 is 0 Å². The van der Waals surface area contributed by atoms with Gasteiger partial charge in [0.25, 0.3) is 0 Å². The van der Waals surface area contributed by atoms with Gasteiger partial charge >= 0.3 is 0 Å². The molecular weight excluding hydrogens is 404 g/mol. The zero-order valence-corrected chi connectivity index (χ0v) is 19.1. The van der Waals surface area contributed by atoms with Gasteiger partial charge < -0.3 is 19.9 Å². The van der Waals surface area contributed by atoms with Crippen LogP contribution in [0.2, 0.25) is 0 Å². The van der Waals surface area contributed by atoms with Crippen LogP contribution in [0.5, 0.6) is 5.88 Å². The SMILES string of the molecule is COc1ccc(-c2ccc3ncnc(N[C@H](C(=O)N4CCN(C)CC4)C(C)C)c3c2)cn1. The lowest BCUT2D eigenvalue weighted by molar-refractivity contribution is -0.134. The number of aromatic nitrogens is 3. The molecule has 1 aromatic carbocycles. The molecule has 168 valence electrons. The third kappa shape index (κ3) is 4.65. The lowest BCUT2D eigenvalue weighted by Gasteiger charge is -2.36. The van der Waals surface area contributed by atoms with Crippen molar-refractivity contribution in [3.05, 3.63) is 42.9 Å². The van der Waals surface area contributed by atoms with Crippen LogP contribution >= 0.6 is 0 Å². The summed E-state index contributed by atoms with van der Waals surface area (Å²) in [6.45, 7) is 7.41. The Labute approximate surface area is 188 Å². The molecule has 2 aromatic heterocycles. The maximum absolute atomic E-state index is 13.3. The van der Waals surface area contributed by atoms with Gasteiger partial charge in [0.2, 0.25) is 11.8 Å². The summed E-state index contributed by atoms with van der Waals surface area (Å²) in [5.41, 5.74) is 2.79. The molecule has 1 saturated heterocycles. The summed E-state index contributed by atoms with van der Waals surface area (Å²) >= 11 is 0. The van der Waals surface area contributed by atoms with E-state index in [2.05, 4.69) is 46.1 Å². The standard InChI is InChI=1S/C24H30N6O2/c1-16(2)22(24(31)30-11-9-29(3)10-12-30)28-23-19-13-17(5-7-20(19)26-15-27-23)18-6-8-21(32-4)25-14-18/h5-8,13-16,22H,9-12H2,1-4H3,(H,26,27,28)/t22-/m0/s1. The summed E-state index contributed by atoms with van der Waals surface area (Å²) in [5.74, 6) is 1.47. The molecule has 1 aliphatic heterocycles. The van der Waals surface area contributed by atoms with Gasteiger partial charge in [0.15, 0.2) is 0 Å². The number of pyridine rings is 1. The smallest absolute Gasteiger partial charge is 0.245 e. The highest BCUT2D eigenvalue weighted by Gasteiger charge is 2.29. The van der Waals surface area contributed by atoms with E-state index in [1.54, 1.807) is 13.3 Å². The molecule has 1 atom stereocenters. The lowest BCUT2D eigenvalue weighted by atomic mass is 10.0. The Bertz CT molecular complexity index is 1080. The average molecular weight is 435 g/mol. The van der Waals surface area contributed by atoms with E-state index in [1.807, 2.05) is 35.2 Å². The van der Waals surface area contributed by atoms with Gasteiger partial charge in [-0.05, 0) is 36.7 Å². The summed E-state index contributed by atoms with van der Waals surface area (Å²) in [6, 6.07) is 9.47. The van der Waals surface area contributed by atoms with Crippen molar-refractivity contribution in [3.63, 3.8) is 0 Å². The van der Waals surface area contributed by atoms with Crippen LogP contribution < -0.4 is 10.1 Å². The Balaban J connectivity index is 1.63. The van der Waals surface area contributed by atoms with Gasteiger partial charge in [-0.3, -0.25) is 4.79 Å². The van der Waals surface area contributed by atoms with Crippen molar-refractivity contribution >= 4 is 22.6 Å². The minimum absolute atomic E-state index is 0.112. The van der Waals surface area contributed by atoms with Crippen LogP contribution in [0.15, 0.2) is 42.9 Å². The quantitative estimate of drug-likeness (QED) is 0.639. The van der Waals surface area contributed by atoms with E-state index >= 15 is 0 Å². The fraction of sp³-hybridized carbons (Fsp3) is 0.417. The summed E-state index contributed by atoms with van der Waals surface area (Å²) in [6.07, 6.45) is 3.32. The van der Waals surface area contributed by atoms with Crippen molar-refractivity contribution in [2.45, 2.75) is 19.9 Å². The first-order valence-electron chi connectivity index (χ1n) is 11.0. The van der Waals surface area contributed by atoms with E-state index in [0.717, 1.165) is 48.2 Å². The molecule has 0 spiro atoms. The van der Waals surface area contributed by atoms with E-state index in [9.17, 15) is 4.79 Å². The summed E-state index contributed by atoms with van der Waals surface area (Å²) < 4.78 is 5.16. The molecule has 0 unspecified atom stereocenters. The first kappa shape index (κ1) is 22.0. The van der Waals surface area contributed by atoms with Gasteiger partial charge in [0.05, 0.1) is 12.6 Å². The molecule has 1 amide bonds. The number of anilines is 1. The van der Waals surface area contributed by atoms with Gasteiger partial charge in [-0.25, -0.2) is 15.0 Å².